The van der Waals surface area contributed by atoms with Gasteiger partial charge in [0.15, 0.2) is 5.78 Å². The zero-order chi connectivity index (χ0) is 19.2. The number of furan rings is 1. The number of benzene rings is 1. The quantitative estimate of drug-likeness (QED) is 0.606. The molecule has 27 heavy (non-hydrogen) atoms. The summed E-state index contributed by atoms with van der Waals surface area (Å²) in [5, 5.41) is 0. The zero-order valence-corrected chi connectivity index (χ0v) is 14.2. The lowest BCUT2D eigenvalue weighted by Crippen LogP contribution is -2.21. The minimum atomic E-state index is -4.48. The first-order valence-electron chi connectivity index (χ1n) is 8.25. The van der Waals surface area contributed by atoms with Crippen molar-refractivity contribution in [3.05, 3.63) is 71.2 Å². The van der Waals surface area contributed by atoms with Gasteiger partial charge in [0.1, 0.15) is 23.4 Å². The Morgan fingerprint density at radius 1 is 1.11 bits per heavy atom. The van der Waals surface area contributed by atoms with Gasteiger partial charge in [-0.1, -0.05) is 0 Å². The maximum Gasteiger partial charge on any atom is 0.416 e. The van der Waals surface area contributed by atoms with Gasteiger partial charge in [-0.05, 0) is 49.4 Å². The fraction of sp³-hybridized carbons (Fsp3) is 0.200. The highest BCUT2D eigenvalue weighted by Crippen LogP contribution is 2.38. The maximum atomic E-state index is 12.9. The number of carbonyl (C=O) groups is 1. The Labute approximate surface area is 152 Å². The molecule has 138 valence electrons. The van der Waals surface area contributed by atoms with Crippen LogP contribution >= 0.6 is 0 Å². The number of halogens is 3. The van der Waals surface area contributed by atoms with Gasteiger partial charge in [0.2, 0.25) is 0 Å². The van der Waals surface area contributed by atoms with Gasteiger partial charge < -0.3 is 9.15 Å². The highest BCUT2D eigenvalue weighted by Gasteiger charge is 2.34. The number of carbonyl (C=O) groups excluding carboxylic acids is 1. The molecule has 0 saturated heterocycles. The molecular formula is C20H14F3NO3. The predicted octanol–water partition coefficient (Wildman–Crippen LogP) is 5.38. The van der Waals surface area contributed by atoms with E-state index in [0.717, 1.165) is 29.7 Å². The second-order valence-corrected chi connectivity index (χ2v) is 6.32. The average molecular weight is 373 g/mol. The van der Waals surface area contributed by atoms with Crippen molar-refractivity contribution in [1.82, 2.24) is 4.98 Å². The molecular weight excluding hydrogens is 359 g/mol. The van der Waals surface area contributed by atoms with E-state index in [1.54, 1.807) is 24.3 Å². The number of ketones is 1. The minimum Gasteiger partial charge on any atom is -0.483 e. The zero-order valence-electron chi connectivity index (χ0n) is 14.2. The summed E-state index contributed by atoms with van der Waals surface area (Å²) >= 11 is 0. The second-order valence-electron chi connectivity index (χ2n) is 6.32. The molecule has 0 fully saturated rings. The molecule has 3 aromatic rings. The molecule has 1 aliphatic rings. The lowest BCUT2D eigenvalue weighted by atomic mass is 9.96. The van der Waals surface area contributed by atoms with Crippen LogP contribution in [0.2, 0.25) is 0 Å². The van der Waals surface area contributed by atoms with E-state index in [1.807, 2.05) is 13.0 Å². The van der Waals surface area contributed by atoms with Gasteiger partial charge in [-0.15, -0.1) is 0 Å². The first-order valence-corrected chi connectivity index (χ1v) is 8.25. The molecule has 7 heteroatoms. The maximum absolute atomic E-state index is 12.9. The molecule has 4 rings (SSSR count). The highest BCUT2D eigenvalue weighted by atomic mass is 19.4. The van der Waals surface area contributed by atoms with E-state index in [2.05, 4.69) is 4.98 Å². The van der Waals surface area contributed by atoms with Crippen molar-refractivity contribution in [2.75, 3.05) is 0 Å². The Balaban J connectivity index is 1.65. The Kier molecular flexibility index (Phi) is 4.02. The van der Waals surface area contributed by atoms with Crippen molar-refractivity contribution < 1.29 is 27.1 Å². The molecule has 1 aromatic carbocycles. The summed E-state index contributed by atoms with van der Waals surface area (Å²) in [6.07, 6.45) is -4.35. The third-order valence-corrected chi connectivity index (χ3v) is 4.38. The second kappa shape index (κ2) is 6.26. The van der Waals surface area contributed by atoms with Gasteiger partial charge in [0.05, 0.1) is 23.2 Å². The van der Waals surface area contributed by atoms with Crippen LogP contribution in [0.4, 0.5) is 13.2 Å². The normalized spacial score (nSPS) is 16.7. The average Bonchev–Trinajstić information content (AvgIpc) is 3.07. The van der Waals surface area contributed by atoms with Crippen molar-refractivity contribution in [1.29, 1.82) is 0 Å². The first-order chi connectivity index (χ1) is 12.8. The first kappa shape index (κ1) is 17.3. The van der Waals surface area contributed by atoms with Gasteiger partial charge in [-0.3, -0.25) is 9.78 Å². The third-order valence-electron chi connectivity index (χ3n) is 4.38. The molecule has 1 aliphatic heterocycles. The summed E-state index contributed by atoms with van der Waals surface area (Å²) in [6, 6.07) is 10.5. The third kappa shape index (κ3) is 3.32. The van der Waals surface area contributed by atoms with Crippen LogP contribution in [0.5, 0.6) is 5.75 Å². The van der Waals surface area contributed by atoms with Gasteiger partial charge >= 0.3 is 6.18 Å². The van der Waals surface area contributed by atoms with Crippen molar-refractivity contribution in [3.63, 3.8) is 0 Å². The van der Waals surface area contributed by atoms with Crippen LogP contribution in [-0.2, 0) is 6.18 Å². The molecule has 0 N–H and O–H groups in total. The Hall–Kier alpha value is -3.09. The number of aromatic nitrogens is 1. The van der Waals surface area contributed by atoms with Crippen LogP contribution in [0.25, 0.3) is 11.3 Å². The SMILES string of the molecule is Cc1ccc(-c2ccc3c(c2)C(=O)CC(c2cc(C(F)(F)F)ccn2)O3)o1. The number of Topliss-reactive ketones (excluding diaryl/α,β-unsaturated/α-hetero) is 1. The summed E-state index contributed by atoms with van der Waals surface area (Å²) in [5.41, 5.74) is 0.367. The number of hydrogen-bond donors (Lipinski definition) is 0. The number of aryl methyl sites for hydroxylation is 1. The fourth-order valence-corrected chi connectivity index (χ4v) is 3.03. The van der Waals surface area contributed by atoms with Gasteiger partial charge in [-0.25, -0.2) is 0 Å². The highest BCUT2D eigenvalue weighted by molar-refractivity contribution is 6.01. The van der Waals surface area contributed by atoms with Gasteiger partial charge in [-0.2, -0.15) is 13.2 Å². The van der Waals surface area contributed by atoms with Crippen molar-refractivity contribution in [2.24, 2.45) is 0 Å². The molecule has 0 bridgehead atoms. The van der Waals surface area contributed by atoms with E-state index >= 15 is 0 Å². The van der Waals surface area contributed by atoms with Crippen molar-refractivity contribution in [2.45, 2.75) is 25.6 Å². The van der Waals surface area contributed by atoms with Crippen LogP contribution in [0, 0.1) is 6.92 Å². The monoisotopic (exact) mass is 373 g/mol. The van der Waals surface area contributed by atoms with Gasteiger partial charge in [0, 0.05) is 11.8 Å². The summed E-state index contributed by atoms with van der Waals surface area (Å²) in [6.45, 7) is 1.82. The number of fused-ring (bicyclic) bond motifs is 1. The Morgan fingerprint density at radius 3 is 2.63 bits per heavy atom. The van der Waals surface area contributed by atoms with E-state index in [-0.39, 0.29) is 17.9 Å². The van der Waals surface area contributed by atoms with E-state index in [0.29, 0.717) is 17.1 Å². The number of nitrogens with zero attached hydrogens (tertiary/aromatic N) is 1. The Bertz CT molecular complexity index is 1020. The largest absolute Gasteiger partial charge is 0.483 e. The van der Waals surface area contributed by atoms with Crippen molar-refractivity contribution >= 4 is 5.78 Å². The molecule has 1 atom stereocenters. The molecule has 2 aromatic heterocycles. The van der Waals surface area contributed by atoms with Crippen LogP contribution in [0.1, 0.15) is 39.9 Å². The minimum absolute atomic E-state index is 0.0783. The number of rotatable bonds is 2. The summed E-state index contributed by atoms with van der Waals surface area (Å²) in [4.78, 5) is 16.5. The molecule has 0 amide bonds. The molecule has 4 nitrogen and oxygen atoms in total. The molecule has 0 saturated carbocycles. The van der Waals surface area contributed by atoms with Gasteiger partial charge in [0.25, 0.3) is 0 Å². The van der Waals surface area contributed by atoms with E-state index in [1.165, 1.54) is 0 Å². The van der Waals surface area contributed by atoms with Crippen LogP contribution in [-0.4, -0.2) is 10.8 Å². The molecule has 3 heterocycles. The topological polar surface area (TPSA) is 52.3 Å². The lowest BCUT2D eigenvalue weighted by molar-refractivity contribution is -0.137. The standard InChI is InChI=1S/C20H14F3NO3/c1-11-2-4-17(26-11)12-3-5-18-14(8-12)16(25)10-19(27-18)15-9-13(6-7-24-15)20(21,22)23/h2-9,19H,10H2,1H3. The molecule has 0 radical (unpaired) electrons. The number of alkyl halides is 3. The number of pyridine rings is 1. The lowest BCUT2D eigenvalue weighted by Gasteiger charge is -2.25. The van der Waals surface area contributed by atoms with Crippen LogP contribution in [0.15, 0.2) is 53.1 Å². The molecule has 0 spiro atoms. The molecule has 1 unspecified atom stereocenters. The summed E-state index contributed by atoms with van der Waals surface area (Å²) < 4.78 is 50.1. The smallest absolute Gasteiger partial charge is 0.416 e. The van der Waals surface area contributed by atoms with E-state index in [4.69, 9.17) is 9.15 Å². The Morgan fingerprint density at radius 2 is 1.93 bits per heavy atom. The molecule has 0 aliphatic carbocycles. The predicted molar refractivity (Wildman–Crippen MR) is 90.4 cm³/mol. The summed E-state index contributed by atoms with van der Waals surface area (Å²) in [5.74, 6) is 1.49. The summed E-state index contributed by atoms with van der Waals surface area (Å²) in [7, 11) is 0. The van der Waals surface area contributed by atoms with Crippen LogP contribution in [0.3, 0.4) is 0 Å². The van der Waals surface area contributed by atoms with E-state index in [9.17, 15) is 18.0 Å². The van der Waals surface area contributed by atoms with E-state index < -0.39 is 17.8 Å². The van der Waals surface area contributed by atoms with Crippen LogP contribution < -0.4 is 4.74 Å². The fourth-order valence-electron chi connectivity index (χ4n) is 3.03. The number of hydrogen-bond acceptors (Lipinski definition) is 4. The number of ether oxygens (including phenoxy) is 1. The van der Waals surface area contributed by atoms with Crippen molar-refractivity contribution in [3.8, 4) is 17.1 Å².